The SMILES string of the molecule is COc1cccc(C(C)(C)N)c1OC1CCOCC1. The summed E-state index contributed by atoms with van der Waals surface area (Å²) in [6.45, 7) is 5.44. The number of para-hydroxylation sites is 1. The smallest absolute Gasteiger partial charge is 0.166 e. The van der Waals surface area contributed by atoms with Gasteiger partial charge in [0.15, 0.2) is 11.5 Å². The Balaban J connectivity index is 2.29. The zero-order valence-corrected chi connectivity index (χ0v) is 11.9. The summed E-state index contributed by atoms with van der Waals surface area (Å²) in [7, 11) is 1.65. The second-order valence-electron chi connectivity index (χ2n) is 5.49. The fourth-order valence-electron chi connectivity index (χ4n) is 2.27. The second-order valence-corrected chi connectivity index (χ2v) is 5.49. The summed E-state index contributed by atoms with van der Waals surface area (Å²) in [5, 5.41) is 0. The Morgan fingerprint density at radius 3 is 2.53 bits per heavy atom. The van der Waals surface area contributed by atoms with E-state index in [4.69, 9.17) is 19.9 Å². The Morgan fingerprint density at radius 1 is 1.26 bits per heavy atom. The minimum absolute atomic E-state index is 0.172. The average molecular weight is 265 g/mol. The topological polar surface area (TPSA) is 53.7 Å². The third-order valence-electron chi connectivity index (χ3n) is 3.35. The minimum atomic E-state index is -0.463. The molecule has 0 atom stereocenters. The van der Waals surface area contributed by atoms with Gasteiger partial charge in [-0.05, 0) is 19.9 Å². The van der Waals surface area contributed by atoms with E-state index in [-0.39, 0.29) is 6.10 Å². The lowest BCUT2D eigenvalue weighted by Crippen LogP contribution is -2.31. The molecule has 1 heterocycles. The van der Waals surface area contributed by atoms with Crippen molar-refractivity contribution in [3.8, 4) is 11.5 Å². The molecule has 1 aromatic carbocycles. The summed E-state index contributed by atoms with van der Waals surface area (Å²) in [5.41, 5.74) is 6.73. The molecule has 0 radical (unpaired) electrons. The number of methoxy groups -OCH3 is 1. The molecule has 1 fully saturated rings. The standard InChI is InChI=1S/C15H23NO3/c1-15(2,16)12-5-4-6-13(17-3)14(12)19-11-7-9-18-10-8-11/h4-6,11H,7-10,16H2,1-3H3. The summed E-state index contributed by atoms with van der Waals surface area (Å²) in [5.74, 6) is 1.51. The molecule has 2 N–H and O–H groups in total. The molecule has 1 aliphatic rings. The fourth-order valence-corrected chi connectivity index (χ4v) is 2.27. The lowest BCUT2D eigenvalue weighted by atomic mass is 9.94. The van der Waals surface area contributed by atoms with Crippen LogP contribution in [0.2, 0.25) is 0 Å². The van der Waals surface area contributed by atoms with E-state index in [9.17, 15) is 0 Å². The van der Waals surface area contributed by atoms with Crippen molar-refractivity contribution in [2.24, 2.45) is 5.73 Å². The predicted molar refractivity (Wildman–Crippen MR) is 74.7 cm³/mol. The highest BCUT2D eigenvalue weighted by atomic mass is 16.5. The predicted octanol–water partition coefficient (Wildman–Crippen LogP) is 2.45. The van der Waals surface area contributed by atoms with Crippen LogP contribution in [0, 0.1) is 0 Å². The van der Waals surface area contributed by atoms with E-state index in [1.54, 1.807) is 7.11 Å². The molecule has 0 unspecified atom stereocenters. The van der Waals surface area contributed by atoms with Crippen LogP contribution in [0.3, 0.4) is 0 Å². The second kappa shape index (κ2) is 5.80. The minimum Gasteiger partial charge on any atom is -0.493 e. The number of nitrogens with two attached hydrogens (primary N) is 1. The fraction of sp³-hybridized carbons (Fsp3) is 0.600. The van der Waals surface area contributed by atoms with Crippen molar-refractivity contribution in [2.75, 3.05) is 20.3 Å². The highest BCUT2D eigenvalue weighted by Crippen LogP contribution is 2.37. The number of benzene rings is 1. The van der Waals surface area contributed by atoms with Crippen LogP contribution in [0.25, 0.3) is 0 Å². The number of ether oxygens (including phenoxy) is 3. The van der Waals surface area contributed by atoms with Gasteiger partial charge in [0.05, 0.1) is 20.3 Å². The average Bonchev–Trinajstić information content (AvgIpc) is 2.39. The first-order valence-corrected chi connectivity index (χ1v) is 6.73. The van der Waals surface area contributed by atoms with Crippen molar-refractivity contribution in [1.29, 1.82) is 0 Å². The van der Waals surface area contributed by atoms with Gasteiger partial charge in [0.25, 0.3) is 0 Å². The Bertz CT molecular complexity index is 420. The molecule has 0 bridgehead atoms. The van der Waals surface area contributed by atoms with Gasteiger partial charge in [0, 0.05) is 23.9 Å². The van der Waals surface area contributed by atoms with Gasteiger partial charge in [0.2, 0.25) is 0 Å². The van der Waals surface area contributed by atoms with Gasteiger partial charge in [-0.2, -0.15) is 0 Å². The van der Waals surface area contributed by atoms with Gasteiger partial charge >= 0.3 is 0 Å². The zero-order valence-electron chi connectivity index (χ0n) is 11.9. The Morgan fingerprint density at radius 2 is 1.95 bits per heavy atom. The van der Waals surface area contributed by atoms with Crippen molar-refractivity contribution in [1.82, 2.24) is 0 Å². The van der Waals surface area contributed by atoms with Gasteiger partial charge in [-0.3, -0.25) is 0 Å². The van der Waals surface area contributed by atoms with E-state index >= 15 is 0 Å². The summed E-state index contributed by atoms with van der Waals surface area (Å²) >= 11 is 0. The van der Waals surface area contributed by atoms with Crippen LogP contribution in [-0.2, 0) is 10.3 Å². The van der Waals surface area contributed by atoms with Crippen LogP contribution in [-0.4, -0.2) is 26.4 Å². The van der Waals surface area contributed by atoms with Crippen LogP contribution in [0.5, 0.6) is 11.5 Å². The van der Waals surface area contributed by atoms with Crippen LogP contribution in [0.1, 0.15) is 32.3 Å². The number of hydrogen-bond donors (Lipinski definition) is 1. The summed E-state index contributed by atoms with van der Waals surface area (Å²) in [6, 6.07) is 5.85. The first-order chi connectivity index (χ1) is 9.02. The van der Waals surface area contributed by atoms with Crippen molar-refractivity contribution in [3.05, 3.63) is 23.8 Å². The molecule has 19 heavy (non-hydrogen) atoms. The molecule has 0 spiro atoms. The maximum Gasteiger partial charge on any atom is 0.166 e. The van der Waals surface area contributed by atoms with Gasteiger partial charge in [-0.15, -0.1) is 0 Å². The largest absolute Gasteiger partial charge is 0.493 e. The molecule has 1 aliphatic heterocycles. The molecular weight excluding hydrogens is 242 g/mol. The van der Waals surface area contributed by atoms with E-state index < -0.39 is 5.54 Å². The molecule has 2 rings (SSSR count). The van der Waals surface area contributed by atoms with Crippen LogP contribution < -0.4 is 15.2 Å². The van der Waals surface area contributed by atoms with Gasteiger partial charge in [-0.1, -0.05) is 12.1 Å². The number of hydrogen-bond acceptors (Lipinski definition) is 4. The molecule has 0 aliphatic carbocycles. The van der Waals surface area contributed by atoms with Crippen molar-refractivity contribution >= 4 is 0 Å². The zero-order chi connectivity index (χ0) is 13.9. The monoisotopic (exact) mass is 265 g/mol. The quantitative estimate of drug-likeness (QED) is 0.908. The van der Waals surface area contributed by atoms with Crippen molar-refractivity contribution < 1.29 is 14.2 Å². The number of rotatable bonds is 4. The van der Waals surface area contributed by atoms with Crippen molar-refractivity contribution in [2.45, 2.75) is 38.3 Å². The lowest BCUT2D eigenvalue weighted by molar-refractivity contribution is 0.0238. The maximum atomic E-state index is 6.23. The first-order valence-electron chi connectivity index (χ1n) is 6.73. The van der Waals surface area contributed by atoms with E-state index in [0.717, 1.165) is 43.1 Å². The third-order valence-corrected chi connectivity index (χ3v) is 3.35. The highest BCUT2D eigenvalue weighted by Gasteiger charge is 2.25. The van der Waals surface area contributed by atoms with E-state index in [1.165, 1.54) is 0 Å². The Kier molecular flexibility index (Phi) is 4.32. The molecule has 0 amide bonds. The summed E-state index contributed by atoms with van der Waals surface area (Å²) in [6.07, 6.45) is 1.98. The van der Waals surface area contributed by atoms with Gasteiger partial charge < -0.3 is 19.9 Å². The van der Waals surface area contributed by atoms with E-state index in [1.807, 2.05) is 32.0 Å². The molecule has 106 valence electrons. The Labute approximate surface area is 114 Å². The summed E-state index contributed by atoms with van der Waals surface area (Å²) < 4.78 is 16.9. The van der Waals surface area contributed by atoms with E-state index in [2.05, 4.69) is 0 Å². The molecule has 0 saturated carbocycles. The van der Waals surface area contributed by atoms with Crippen molar-refractivity contribution in [3.63, 3.8) is 0 Å². The maximum absolute atomic E-state index is 6.23. The summed E-state index contributed by atoms with van der Waals surface area (Å²) in [4.78, 5) is 0. The molecule has 0 aromatic heterocycles. The van der Waals surface area contributed by atoms with E-state index in [0.29, 0.717) is 0 Å². The van der Waals surface area contributed by atoms with Gasteiger partial charge in [-0.25, -0.2) is 0 Å². The lowest BCUT2D eigenvalue weighted by Gasteiger charge is -2.29. The van der Waals surface area contributed by atoms with Gasteiger partial charge in [0.1, 0.15) is 6.10 Å². The first kappa shape index (κ1) is 14.2. The van der Waals surface area contributed by atoms with Crippen LogP contribution >= 0.6 is 0 Å². The molecule has 4 heteroatoms. The molecule has 1 aromatic rings. The highest BCUT2D eigenvalue weighted by molar-refractivity contribution is 5.49. The van der Waals surface area contributed by atoms with Crippen LogP contribution in [0.15, 0.2) is 18.2 Å². The molecule has 4 nitrogen and oxygen atoms in total. The molecular formula is C15H23NO3. The normalized spacial score (nSPS) is 17.3. The van der Waals surface area contributed by atoms with Crippen LogP contribution in [0.4, 0.5) is 0 Å². The molecule has 1 saturated heterocycles. The Hall–Kier alpha value is -1.26. The third kappa shape index (κ3) is 3.39.